The van der Waals surface area contributed by atoms with Gasteiger partial charge in [0.2, 0.25) is 11.9 Å². The van der Waals surface area contributed by atoms with Crippen LogP contribution in [0.15, 0.2) is 36.9 Å². The quantitative estimate of drug-likeness (QED) is 0.534. The first-order chi connectivity index (χ1) is 16.4. The van der Waals surface area contributed by atoms with Gasteiger partial charge in [0.25, 0.3) is 5.91 Å². The molecule has 4 rings (SSSR count). The van der Waals surface area contributed by atoms with Crippen LogP contribution >= 0.6 is 0 Å². The Morgan fingerprint density at radius 1 is 1.21 bits per heavy atom. The summed E-state index contributed by atoms with van der Waals surface area (Å²) in [6.07, 6.45) is 6.82. The van der Waals surface area contributed by atoms with E-state index in [2.05, 4.69) is 38.5 Å². The molecule has 0 bridgehead atoms. The molecule has 1 atom stereocenters. The number of primary amides is 1. The van der Waals surface area contributed by atoms with Gasteiger partial charge in [0.05, 0.1) is 11.5 Å². The first-order valence-electron chi connectivity index (χ1n) is 11.5. The van der Waals surface area contributed by atoms with Crippen molar-refractivity contribution < 1.29 is 9.59 Å². The van der Waals surface area contributed by atoms with E-state index in [1.165, 1.54) is 6.08 Å². The number of likely N-dealkylation sites (tertiary alicyclic amines) is 1. The lowest BCUT2D eigenvalue weighted by Crippen LogP contribution is -2.44. The lowest BCUT2D eigenvalue weighted by Gasteiger charge is -2.32. The number of nitrogens with zero attached hydrogens (tertiary/aromatic N) is 5. The number of aromatic nitrogens is 3. The van der Waals surface area contributed by atoms with Crippen molar-refractivity contribution in [1.82, 2.24) is 20.1 Å². The third-order valence-corrected chi connectivity index (χ3v) is 6.53. The second-order valence-corrected chi connectivity index (χ2v) is 8.77. The first kappa shape index (κ1) is 23.2. The predicted molar refractivity (Wildman–Crippen MR) is 127 cm³/mol. The molecule has 1 saturated carbocycles. The molecule has 2 fully saturated rings. The average Bonchev–Trinajstić information content (AvgIpc) is 3.34. The highest BCUT2D eigenvalue weighted by Crippen LogP contribution is 2.40. The van der Waals surface area contributed by atoms with Crippen LogP contribution in [-0.4, -0.2) is 51.0 Å². The summed E-state index contributed by atoms with van der Waals surface area (Å²) in [5.74, 6) is -0.448. The van der Waals surface area contributed by atoms with Crippen LogP contribution in [0.25, 0.3) is 0 Å². The minimum Gasteiger partial charge on any atom is -0.364 e. The Morgan fingerprint density at radius 3 is 2.59 bits per heavy atom. The van der Waals surface area contributed by atoms with Gasteiger partial charge in [0.1, 0.15) is 0 Å². The van der Waals surface area contributed by atoms with E-state index in [4.69, 9.17) is 5.73 Å². The SMILES string of the molecule is C=CC(=O)N1CCCC(Nc2nnc(C(N)=O)c(Nc3ccc(C4(C#N)CCCC4)cc3)n2)C1. The average molecular weight is 461 g/mol. The molecule has 1 aromatic carbocycles. The van der Waals surface area contributed by atoms with Gasteiger partial charge in [-0.1, -0.05) is 31.6 Å². The van der Waals surface area contributed by atoms with Gasteiger partial charge < -0.3 is 21.3 Å². The predicted octanol–water partition coefficient (Wildman–Crippen LogP) is 2.64. The highest BCUT2D eigenvalue weighted by Gasteiger charge is 2.35. The fourth-order valence-corrected chi connectivity index (χ4v) is 4.70. The Morgan fingerprint density at radius 2 is 1.94 bits per heavy atom. The molecule has 1 saturated heterocycles. The maximum absolute atomic E-state index is 11.9. The van der Waals surface area contributed by atoms with E-state index in [1.54, 1.807) is 4.90 Å². The van der Waals surface area contributed by atoms with E-state index >= 15 is 0 Å². The van der Waals surface area contributed by atoms with Crippen LogP contribution in [0.4, 0.5) is 17.5 Å². The van der Waals surface area contributed by atoms with E-state index in [-0.39, 0.29) is 29.4 Å². The second-order valence-electron chi connectivity index (χ2n) is 8.77. The van der Waals surface area contributed by atoms with E-state index in [9.17, 15) is 14.9 Å². The molecule has 2 aliphatic rings. The molecule has 1 aliphatic carbocycles. The number of benzene rings is 1. The van der Waals surface area contributed by atoms with Crippen molar-refractivity contribution in [1.29, 1.82) is 5.26 Å². The van der Waals surface area contributed by atoms with Crippen LogP contribution in [-0.2, 0) is 10.2 Å². The lowest BCUT2D eigenvalue weighted by molar-refractivity contribution is -0.127. The molecule has 1 aromatic heterocycles. The molecule has 2 aromatic rings. The summed E-state index contributed by atoms with van der Waals surface area (Å²) in [6.45, 7) is 4.72. The Bertz CT molecular complexity index is 1120. The summed E-state index contributed by atoms with van der Waals surface area (Å²) in [6, 6.07) is 10.0. The lowest BCUT2D eigenvalue weighted by atomic mass is 9.80. The zero-order valence-electron chi connectivity index (χ0n) is 19.0. The van der Waals surface area contributed by atoms with Crippen molar-refractivity contribution >= 4 is 29.3 Å². The zero-order chi connectivity index (χ0) is 24.1. The third-order valence-electron chi connectivity index (χ3n) is 6.53. The first-order valence-corrected chi connectivity index (χ1v) is 11.5. The minimum atomic E-state index is -0.750. The van der Waals surface area contributed by atoms with Gasteiger partial charge >= 0.3 is 0 Å². The van der Waals surface area contributed by atoms with E-state index in [1.807, 2.05) is 24.3 Å². The summed E-state index contributed by atoms with van der Waals surface area (Å²) in [7, 11) is 0. The summed E-state index contributed by atoms with van der Waals surface area (Å²) in [5, 5.41) is 24.0. The molecule has 176 valence electrons. The molecule has 2 amide bonds. The van der Waals surface area contributed by atoms with Crippen molar-refractivity contribution in [3.63, 3.8) is 0 Å². The van der Waals surface area contributed by atoms with Gasteiger partial charge in [0.15, 0.2) is 11.5 Å². The smallest absolute Gasteiger partial charge is 0.273 e. The Hall–Kier alpha value is -4.00. The number of piperidine rings is 1. The number of carbonyl (C=O) groups is 2. The molecule has 10 heteroatoms. The number of carbonyl (C=O) groups excluding carboxylic acids is 2. The molecule has 1 aliphatic heterocycles. The number of anilines is 3. The molecule has 10 nitrogen and oxygen atoms in total. The normalized spacial score (nSPS) is 19.1. The monoisotopic (exact) mass is 460 g/mol. The number of nitrogens with two attached hydrogens (primary N) is 1. The number of nitrogens with one attached hydrogen (secondary N) is 2. The highest BCUT2D eigenvalue weighted by molar-refractivity contribution is 5.96. The number of hydrogen-bond acceptors (Lipinski definition) is 8. The number of amides is 2. The second kappa shape index (κ2) is 9.87. The molecule has 0 spiro atoms. The molecular weight excluding hydrogens is 432 g/mol. The van der Waals surface area contributed by atoms with Gasteiger partial charge in [0, 0.05) is 24.8 Å². The topological polar surface area (TPSA) is 150 Å². The van der Waals surface area contributed by atoms with E-state index in [0.29, 0.717) is 18.8 Å². The van der Waals surface area contributed by atoms with Gasteiger partial charge in [-0.15, -0.1) is 10.2 Å². The Kier molecular flexibility index (Phi) is 6.72. The van der Waals surface area contributed by atoms with Gasteiger partial charge in [-0.3, -0.25) is 9.59 Å². The summed E-state index contributed by atoms with van der Waals surface area (Å²) in [5.41, 5.74) is 6.65. The van der Waals surface area contributed by atoms with E-state index < -0.39 is 11.3 Å². The highest BCUT2D eigenvalue weighted by atomic mass is 16.2. The molecule has 0 radical (unpaired) electrons. The summed E-state index contributed by atoms with van der Waals surface area (Å²) >= 11 is 0. The van der Waals surface area contributed by atoms with Crippen LogP contribution in [0, 0.1) is 11.3 Å². The maximum atomic E-state index is 11.9. The summed E-state index contributed by atoms with van der Waals surface area (Å²) < 4.78 is 0. The van der Waals surface area contributed by atoms with Crippen LogP contribution < -0.4 is 16.4 Å². The van der Waals surface area contributed by atoms with Crippen molar-refractivity contribution in [2.75, 3.05) is 23.7 Å². The fourth-order valence-electron chi connectivity index (χ4n) is 4.70. The molecule has 4 N–H and O–H groups in total. The van der Waals surface area contributed by atoms with Crippen LogP contribution in [0.1, 0.15) is 54.6 Å². The minimum absolute atomic E-state index is 0.0559. The van der Waals surface area contributed by atoms with Gasteiger partial charge in [-0.25, -0.2) is 0 Å². The van der Waals surface area contributed by atoms with Crippen molar-refractivity contribution in [2.45, 2.75) is 50.0 Å². The van der Waals surface area contributed by atoms with Crippen molar-refractivity contribution in [2.24, 2.45) is 5.73 Å². The third kappa shape index (κ3) is 4.83. The number of rotatable bonds is 7. The number of hydrogen-bond donors (Lipinski definition) is 3. The standard InChI is InChI=1S/C24H28N8O2/c1-2-19(33)32-13-5-6-18(14-32)28-23-29-22(20(21(26)34)30-31-23)27-17-9-7-16(8-10-17)24(15-25)11-3-4-12-24/h2,7-10,18H,1,3-6,11-14H2,(H2,26,34)(H2,27,28,29,31). The van der Waals surface area contributed by atoms with Gasteiger partial charge in [-0.2, -0.15) is 10.2 Å². The van der Waals surface area contributed by atoms with Crippen LogP contribution in [0.3, 0.4) is 0 Å². The maximum Gasteiger partial charge on any atom is 0.273 e. The Balaban J connectivity index is 1.51. The summed E-state index contributed by atoms with van der Waals surface area (Å²) in [4.78, 5) is 30.0. The fraction of sp³-hybridized carbons (Fsp3) is 0.417. The largest absolute Gasteiger partial charge is 0.364 e. The van der Waals surface area contributed by atoms with Crippen LogP contribution in [0.5, 0.6) is 0 Å². The van der Waals surface area contributed by atoms with Crippen LogP contribution in [0.2, 0.25) is 0 Å². The van der Waals surface area contributed by atoms with Crippen molar-refractivity contribution in [3.8, 4) is 6.07 Å². The zero-order valence-corrected chi connectivity index (χ0v) is 19.0. The Labute approximate surface area is 198 Å². The molecule has 34 heavy (non-hydrogen) atoms. The van der Waals surface area contributed by atoms with Gasteiger partial charge in [-0.05, 0) is 49.5 Å². The van der Waals surface area contributed by atoms with Crippen molar-refractivity contribution in [3.05, 3.63) is 48.2 Å². The number of nitriles is 1. The molecule has 1 unspecified atom stereocenters. The molecular formula is C24H28N8O2. The van der Waals surface area contributed by atoms with E-state index in [0.717, 1.165) is 44.1 Å². The molecule has 2 heterocycles.